The predicted octanol–water partition coefficient (Wildman–Crippen LogP) is 7.58. The molecule has 10 rings (SSSR count). The smallest absolute Gasteiger partial charge is 0.0400 e. The van der Waals surface area contributed by atoms with E-state index in [-0.39, 0.29) is 0 Å². The van der Waals surface area contributed by atoms with Gasteiger partial charge in [-0.3, -0.25) is 0 Å². The van der Waals surface area contributed by atoms with Crippen molar-refractivity contribution in [2.24, 2.45) is 0 Å². The Kier molecular flexibility index (Phi) is 2.44. The molecule has 166 valence electrons. The molecule has 0 aliphatic rings. The summed E-state index contributed by atoms with van der Waals surface area (Å²) < 4.78 is 0. The summed E-state index contributed by atoms with van der Waals surface area (Å²) in [5.74, 6) is 0. The Labute approximate surface area is 203 Å². The van der Waals surface area contributed by atoms with E-state index < -0.39 is 0 Å². The molecule has 4 nitrogen and oxygen atoms in total. The predicted molar refractivity (Wildman–Crippen MR) is 158 cm³/mol. The molecule has 0 fully saturated rings. The number of hydrogen-bond acceptors (Lipinski definition) is 4. The Morgan fingerprint density at radius 1 is 0.278 bits per heavy atom. The number of anilines is 4. The zero-order valence-electron chi connectivity index (χ0n) is 19.1. The van der Waals surface area contributed by atoms with E-state index in [0.29, 0.717) is 0 Å². The molecule has 0 atom stereocenters. The van der Waals surface area contributed by atoms with Crippen LogP contribution in [0.3, 0.4) is 0 Å². The van der Waals surface area contributed by atoms with Gasteiger partial charge in [0.1, 0.15) is 0 Å². The summed E-state index contributed by atoms with van der Waals surface area (Å²) in [6.07, 6.45) is 0. The lowest BCUT2D eigenvalue weighted by Crippen LogP contribution is -2.02. The monoisotopic (exact) mass is 458 g/mol. The average molecular weight is 459 g/mol. The van der Waals surface area contributed by atoms with Gasteiger partial charge in [-0.15, -0.1) is 0 Å². The Bertz CT molecular complexity index is 2210. The van der Waals surface area contributed by atoms with E-state index >= 15 is 0 Å². The maximum Gasteiger partial charge on any atom is 0.0400 e. The average Bonchev–Trinajstić information content (AvgIpc) is 2.87. The SMILES string of the molecule is Nc1cc2ccc3cc(N)c4cc5c(N)cc6ccc7cc(N)c8cc1c1c2c3c4c2c5c6c7c8c12. The zero-order valence-corrected chi connectivity index (χ0v) is 19.1. The molecule has 0 amide bonds. The van der Waals surface area contributed by atoms with Gasteiger partial charge in [0.05, 0.1) is 0 Å². The summed E-state index contributed by atoms with van der Waals surface area (Å²) in [7, 11) is 0. The molecular formula is C32H18N4. The molecule has 8 N–H and O–H groups in total. The second-order valence-corrected chi connectivity index (χ2v) is 10.6. The van der Waals surface area contributed by atoms with E-state index in [9.17, 15) is 0 Å². The highest BCUT2D eigenvalue weighted by Gasteiger charge is 2.28. The molecular weight excluding hydrogens is 440 g/mol. The maximum atomic E-state index is 6.74. The first-order valence-electron chi connectivity index (χ1n) is 12.2. The van der Waals surface area contributed by atoms with E-state index in [1.807, 2.05) is 0 Å². The molecule has 4 heteroatoms. The Balaban J connectivity index is 1.81. The molecule has 0 aliphatic carbocycles. The molecule has 0 saturated carbocycles. The third-order valence-corrected chi connectivity index (χ3v) is 8.93. The van der Waals surface area contributed by atoms with Crippen molar-refractivity contribution in [1.82, 2.24) is 0 Å². The van der Waals surface area contributed by atoms with Gasteiger partial charge in [0.25, 0.3) is 0 Å². The number of nitrogens with two attached hydrogens (primary N) is 4. The van der Waals surface area contributed by atoms with Gasteiger partial charge in [0.15, 0.2) is 0 Å². The van der Waals surface area contributed by atoms with Crippen LogP contribution in [-0.2, 0) is 0 Å². The molecule has 0 aromatic heterocycles. The molecule has 0 spiro atoms. The zero-order chi connectivity index (χ0) is 23.8. The quantitative estimate of drug-likeness (QED) is 0.107. The van der Waals surface area contributed by atoms with Crippen molar-refractivity contribution in [1.29, 1.82) is 0 Å². The van der Waals surface area contributed by atoms with E-state index in [2.05, 4.69) is 60.7 Å². The first-order chi connectivity index (χ1) is 17.5. The fraction of sp³-hybridized carbons (Fsp3) is 0. The van der Waals surface area contributed by atoms with E-state index in [1.165, 1.54) is 53.9 Å². The molecule has 10 aromatic carbocycles. The lowest BCUT2D eigenvalue weighted by atomic mass is 9.76. The summed E-state index contributed by atoms with van der Waals surface area (Å²) in [6.45, 7) is 0. The van der Waals surface area contributed by atoms with Crippen LogP contribution in [0, 0.1) is 0 Å². The van der Waals surface area contributed by atoms with Gasteiger partial charge < -0.3 is 22.9 Å². The highest BCUT2D eigenvalue weighted by Crippen LogP contribution is 2.57. The molecule has 0 bridgehead atoms. The third kappa shape index (κ3) is 1.56. The molecule has 0 unspecified atom stereocenters. The van der Waals surface area contributed by atoms with E-state index in [0.717, 1.165) is 65.8 Å². The number of hydrogen-bond donors (Lipinski definition) is 4. The van der Waals surface area contributed by atoms with Gasteiger partial charge in [-0.05, 0) is 79.5 Å². The fourth-order valence-corrected chi connectivity index (χ4v) is 7.62. The van der Waals surface area contributed by atoms with Gasteiger partial charge in [-0.25, -0.2) is 0 Å². The van der Waals surface area contributed by atoms with Crippen LogP contribution < -0.4 is 22.9 Å². The van der Waals surface area contributed by atoms with Gasteiger partial charge in [-0.1, -0.05) is 24.3 Å². The number of nitrogen functional groups attached to an aromatic ring is 4. The third-order valence-electron chi connectivity index (χ3n) is 8.93. The molecule has 0 heterocycles. The van der Waals surface area contributed by atoms with Crippen LogP contribution in [-0.4, -0.2) is 0 Å². The van der Waals surface area contributed by atoms with Crippen molar-refractivity contribution < 1.29 is 0 Å². The topological polar surface area (TPSA) is 104 Å². The largest absolute Gasteiger partial charge is 0.398 e. The van der Waals surface area contributed by atoms with Crippen molar-refractivity contribution >= 4 is 120 Å². The normalized spacial score (nSPS) is 13.4. The maximum absolute atomic E-state index is 6.74. The van der Waals surface area contributed by atoms with Crippen molar-refractivity contribution in [3.63, 3.8) is 0 Å². The lowest BCUT2D eigenvalue weighted by molar-refractivity contribution is 1.77. The van der Waals surface area contributed by atoms with Crippen LogP contribution in [0.1, 0.15) is 0 Å². The van der Waals surface area contributed by atoms with Crippen LogP contribution in [0.25, 0.3) is 97.0 Å². The Morgan fingerprint density at radius 2 is 0.528 bits per heavy atom. The lowest BCUT2D eigenvalue weighted by Gasteiger charge is -2.27. The Hall–Kier alpha value is -4.96. The first-order valence-corrected chi connectivity index (χ1v) is 12.2. The standard InChI is InChI=1S/C32H18N4/c33-19-5-11-1-2-12-6-20(34)16-10-18-22(36)8-14-4-3-13-7-21(35)17-9-15(19)27-23(11)24(12)28(16)32-30(18)26(14)25(13)29(17)31(27)32/h1-10H,33-36H2. The summed E-state index contributed by atoms with van der Waals surface area (Å²) >= 11 is 0. The summed E-state index contributed by atoms with van der Waals surface area (Å²) in [4.78, 5) is 0. The van der Waals surface area contributed by atoms with Crippen molar-refractivity contribution in [2.75, 3.05) is 22.9 Å². The minimum absolute atomic E-state index is 0.772. The van der Waals surface area contributed by atoms with Gasteiger partial charge in [-0.2, -0.15) is 0 Å². The molecule has 0 saturated heterocycles. The van der Waals surface area contributed by atoms with Crippen LogP contribution in [0.2, 0.25) is 0 Å². The highest BCUT2D eigenvalue weighted by molar-refractivity contribution is 6.55. The Morgan fingerprint density at radius 3 is 0.778 bits per heavy atom. The second-order valence-electron chi connectivity index (χ2n) is 10.6. The van der Waals surface area contributed by atoms with Crippen LogP contribution in [0.5, 0.6) is 0 Å². The fourth-order valence-electron chi connectivity index (χ4n) is 7.62. The molecule has 36 heavy (non-hydrogen) atoms. The molecule has 0 radical (unpaired) electrons. The minimum Gasteiger partial charge on any atom is -0.398 e. The van der Waals surface area contributed by atoms with Crippen molar-refractivity contribution in [3.8, 4) is 0 Å². The van der Waals surface area contributed by atoms with Crippen molar-refractivity contribution in [2.45, 2.75) is 0 Å². The molecule has 10 aromatic rings. The van der Waals surface area contributed by atoms with Crippen LogP contribution in [0.4, 0.5) is 22.7 Å². The molecule has 0 aliphatic heterocycles. The van der Waals surface area contributed by atoms with E-state index in [1.54, 1.807) is 0 Å². The second kappa shape index (κ2) is 5.02. The van der Waals surface area contributed by atoms with Crippen LogP contribution in [0.15, 0.2) is 60.7 Å². The summed E-state index contributed by atoms with van der Waals surface area (Å²) in [5, 5.41) is 21.1. The first kappa shape index (κ1) is 17.5. The highest BCUT2D eigenvalue weighted by atomic mass is 14.6. The number of rotatable bonds is 0. The summed E-state index contributed by atoms with van der Waals surface area (Å²) in [5.41, 5.74) is 30.0. The number of benzene rings is 10. The van der Waals surface area contributed by atoms with E-state index in [4.69, 9.17) is 22.9 Å². The summed E-state index contributed by atoms with van der Waals surface area (Å²) in [6, 6.07) is 21.5. The minimum atomic E-state index is 0.772. The van der Waals surface area contributed by atoms with Crippen LogP contribution >= 0.6 is 0 Å². The van der Waals surface area contributed by atoms with Gasteiger partial charge in [0.2, 0.25) is 0 Å². The van der Waals surface area contributed by atoms with Gasteiger partial charge in [0, 0.05) is 76.6 Å². The van der Waals surface area contributed by atoms with Gasteiger partial charge >= 0.3 is 0 Å². The van der Waals surface area contributed by atoms with Crippen molar-refractivity contribution in [3.05, 3.63) is 60.7 Å².